The number of benzene rings is 2. The molecule has 0 aliphatic rings. The first-order valence-electron chi connectivity index (χ1n) is 9.38. The molecule has 1 atom stereocenters. The Morgan fingerprint density at radius 1 is 1.13 bits per heavy atom. The van der Waals surface area contributed by atoms with Gasteiger partial charge in [-0.25, -0.2) is 0 Å². The molecule has 1 amide bonds. The molecule has 0 heterocycles. The van der Waals surface area contributed by atoms with E-state index in [-0.39, 0.29) is 11.9 Å². The molecule has 0 aliphatic carbocycles. The maximum atomic E-state index is 11.0. The third-order valence-electron chi connectivity index (χ3n) is 3.98. The molecular weight excluding hydrogens is 408 g/mol. The van der Waals surface area contributed by atoms with E-state index in [1.165, 1.54) is 5.56 Å². The quantitative estimate of drug-likeness (QED) is 0.383. The molecule has 2 rings (SSSR count). The van der Waals surface area contributed by atoms with E-state index in [0.29, 0.717) is 19.4 Å². The lowest BCUT2D eigenvalue weighted by molar-refractivity contribution is -0.119. The predicted molar refractivity (Wildman–Crippen MR) is 116 cm³/mol. The van der Waals surface area contributed by atoms with Crippen LogP contribution in [0.15, 0.2) is 48.5 Å². The minimum Gasteiger partial charge on any atom is -0.497 e. The van der Waals surface area contributed by atoms with Gasteiger partial charge in [-0.1, -0.05) is 24.3 Å². The summed E-state index contributed by atoms with van der Waals surface area (Å²) in [7, 11) is -1.99. The molecule has 0 aromatic heterocycles. The van der Waals surface area contributed by atoms with E-state index in [1.54, 1.807) is 14.0 Å². The van der Waals surface area contributed by atoms with Crippen molar-refractivity contribution < 1.29 is 27.2 Å². The van der Waals surface area contributed by atoms with Crippen molar-refractivity contribution >= 4 is 16.0 Å². The largest absolute Gasteiger partial charge is 0.497 e. The smallest absolute Gasteiger partial charge is 0.261 e. The summed E-state index contributed by atoms with van der Waals surface area (Å²) >= 11 is 0. The monoisotopic (exact) mass is 438 g/mol. The summed E-state index contributed by atoms with van der Waals surface area (Å²) in [4.78, 5) is 11.0. The molecule has 0 fully saturated rings. The van der Waals surface area contributed by atoms with Crippen molar-refractivity contribution in [3.8, 4) is 11.5 Å². The molecule has 0 saturated carbocycles. The van der Waals surface area contributed by atoms with Gasteiger partial charge in [0.05, 0.1) is 26.0 Å². The lowest BCUT2D eigenvalue weighted by Crippen LogP contribution is -2.38. The van der Waals surface area contributed by atoms with Gasteiger partial charge >= 0.3 is 0 Å². The van der Waals surface area contributed by atoms with Crippen LogP contribution in [-0.4, -0.2) is 44.9 Å². The third-order valence-corrected chi connectivity index (χ3v) is 3.98. The van der Waals surface area contributed by atoms with E-state index in [9.17, 15) is 13.2 Å². The molecule has 0 aliphatic heterocycles. The molecule has 1 unspecified atom stereocenters. The Bertz CT molecular complexity index is 877. The minimum atomic E-state index is -3.67. The number of nitrogens with one attached hydrogen (secondary N) is 1. The van der Waals surface area contributed by atoms with Gasteiger partial charge in [-0.3, -0.25) is 9.35 Å². The molecule has 166 valence electrons. The topological polar surface area (TPSA) is 128 Å². The number of aryl methyl sites for hydroxylation is 1. The number of amides is 1. The highest BCUT2D eigenvalue weighted by Crippen LogP contribution is 2.15. The Hall–Kier alpha value is -2.62. The number of carbonyl (C=O) groups is 1. The molecule has 2 aromatic carbocycles. The van der Waals surface area contributed by atoms with Gasteiger partial charge in [0.15, 0.2) is 0 Å². The van der Waals surface area contributed by atoms with Crippen molar-refractivity contribution in [2.75, 3.05) is 20.0 Å². The summed E-state index contributed by atoms with van der Waals surface area (Å²) in [5.74, 6) is 1.38. The Labute approximate surface area is 178 Å². The summed E-state index contributed by atoms with van der Waals surface area (Å²) < 4.78 is 36.9. The summed E-state index contributed by atoms with van der Waals surface area (Å²) in [6.45, 7) is 3.01. The van der Waals surface area contributed by atoms with E-state index in [4.69, 9.17) is 19.8 Å². The Morgan fingerprint density at radius 3 is 2.33 bits per heavy atom. The molecule has 0 spiro atoms. The Kier molecular flexibility index (Phi) is 10.9. The van der Waals surface area contributed by atoms with Crippen LogP contribution in [0.2, 0.25) is 0 Å². The highest BCUT2D eigenvalue weighted by Gasteiger charge is 2.07. The predicted octanol–water partition coefficient (Wildman–Crippen LogP) is 2.17. The fourth-order valence-corrected chi connectivity index (χ4v) is 2.37. The van der Waals surface area contributed by atoms with Crippen molar-refractivity contribution in [1.29, 1.82) is 0 Å². The van der Waals surface area contributed by atoms with Crippen molar-refractivity contribution in [3.63, 3.8) is 0 Å². The number of rotatable bonds is 10. The number of methoxy groups -OCH3 is 1. The minimum absolute atomic E-state index is 0.340. The molecule has 8 nitrogen and oxygen atoms in total. The standard InChI is InChI=1S/C20H26N2O3.CH4O3S/c1-15(20(21)23)22-14-17-8-10-18(11-9-17)25-12-4-6-16-5-3-7-19(13-16)24-2;1-5(2,3)4/h3,5,7-11,13,15,22H,4,6,12,14H2,1-2H3,(H2,21,23);1H3,(H,2,3,4). The number of nitrogens with two attached hydrogens (primary N) is 1. The second-order valence-electron chi connectivity index (χ2n) is 6.69. The van der Waals surface area contributed by atoms with E-state index in [1.807, 2.05) is 36.4 Å². The lowest BCUT2D eigenvalue weighted by Gasteiger charge is -2.11. The van der Waals surface area contributed by atoms with Crippen LogP contribution in [0.25, 0.3) is 0 Å². The number of hydrogen-bond acceptors (Lipinski definition) is 6. The van der Waals surface area contributed by atoms with Crippen molar-refractivity contribution in [3.05, 3.63) is 59.7 Å². The fraction of sp³-hybridized carbons (Fsp3) is 0.381. The van der Waals surface area contributed by atoms with Crippen molar-refractivity contribution in [2.45, 2.75) is 32.4 Å². The van der Waals surface area contributed by atoms with Gasteiger partial charge in [0.1, 0.15) is 11.5 Å². The van der Waals surface area contributed by atoms with Crippen molar-refractivity contribution in [2.24, 2.45) is 5.73 Å². The summed E-state index contributed by atoms with van der Waals surface area (Å²) in [6.07, 6.45) is 2.60. The zero-order valence-electron chi connectivity index (χ0n) is 17.5. The van der Waals surface area contributed by atoms with Gasteiger partial charge in [-0.15, -0.1) is 0 Å². The van der Waals surface area contributed by atoms with Crippen LogP contribution >= 0.6 is 0 Å². The first-order chi connectivity index (χ1) is 14.1. The molecule has 0 radical (unpaired) electrons. The molecule has 2 aromatic rings. The number of carbonyl (C=O) groups excluding carboxylic acids is 1. The lowest BCUT2D eigenvalue weighted by atomic mass is 10.1. The van der Waals surface area contributed by atoms with Crippen LogP contribution in [0.5, 0.6) is 11.5 Å². The summed E-state index contributed by atoms with van der Waals surface area (Å²) in [6, 6.07) is 15.6. The van der Waals surface area contributed by atoms with E-state index < -0.39 is 10.1 Å². The van der Waals surface area contributed by atoms with Gasteiger partial charge in [0.25, 0.3) is 10.1 Å². The normalized spacial score (nSPS) is 11.7. The van der Waals surface area contributed by atoms with Gasteiger partial charge in [0, 0.05) is 6.54 Å². The first-order valence-corrected chi connectivity index (χ1v) is 11.2. The zero-order chi connectivity index (χ0) is 22.6. The van der Waals surface area contributed by atoms with Crippen LogP contribution in [0.1, 0.15) is 24.5 Å². The summed E-state index contributed by atoms with van der Waals surface area (Å²) in [5, 5.41) is 3.07. The van der Waals surface area contributed by atoms with Gasteiger partial charge in [-0.2, -0.15) is 8.42 Å². The number of hydrogen-bond donors (Lipinski definition) is 3. The second-order valence-corrected chi connectivity index (χ2v) is 8.15. The van der Waals surface area contributed by atoms with E-state index in [0.717, 1.165) is 29.9 Å². The number of ether oxygens (including phenoxy) is 2. The zero-order valence-corrected chi connectivity index (χ0v) is 18.3. The molecular formula is C21H30N2O6S. The van der Waals surface area contributed by atoms with Crippen LogP contribution in [-0.2, 0) is 27.9 Å². The first kappa shape index (κ1) is 25.4. The highest BCUT2D eigenvalue weighted by atomic mass is 32.2. The van der Waals surface area contributed by atoms with Crippen molar-refractivity contribution in [1.82, 2.24) is 5.32 Å². The molecule has 0 saturated heterocycles. The van der Waals surface area contributed by atoms with E-state index >= 15 is 0 Å². The molecule has 30 heavy (non-hydrogen) atoms. The van der Waals surface area contributed by atoms with E-state index in [2.05, 4.69) is 17.4 Å². The average Bonchev–Trinajstić information content (AvgIpc) is 2.69. The van der Waals surface area contributed by atoms with Crippen LogP contribution < -0.4 is 20.5 Å². The van der Waals surface area contributed by atoms with Crippen LogP contribution in [0.3, 0.4) is 0 Å². The Morgan fingerprint density at radius 2 is 1.77 bits per heavy atom. The SMILES string of the molecule is COc1cccc(CCCOc2ccc(CNC(C)C(N)=O)cc2)c1.CS(=O)(=O)O. The second kappa shape index (κ2) is 12.8. The van der Waals surface area contributed by atoms with Crippen LogP contribution in [0.4, 0.5) is 0 Å². The molecule has 0 bridgehead atoms. The molecule has 9 heteroatoms. The van der Waals surface area contributed by atoms with Crippen LogP contribution in [0, 0.1) is 0 Å². The number of primary amides is 1. The molecule has 4 N–H and O–H groups in total. The highest BCUT2D eigenvalue weighted by molar-refractivity contribution is 7.85. The Balaban J connectivity index is 0.000000804. The third kappa shape index (κ3) is 12.1. The maximum Gasteiger partial charge on any atom is 0.261 e. The van der Waals surface area contributed by atoms with Gasteiger partial charge in [0.2, 0.25) is 5.91 Å². The maximum absolute atomic E-state index is 11.0. The van der Waals surface area contributed by atoms with Gasteiger partial charge < -0.3 is 20.5 Å². The average molecular weight is 439 g/mol. The van der Waals surface area contributed by atoms with Gasteiger partial charge in [-0.05, 0) is 55.2 Å². The fourth-order valence-electron chi connectivity index (χ4n) is 2.37. The summed E-state index contributed by atoms with van der Waals surface area (Å²) in [5.41, 5.74) is 7.55.